The monoisotopic (exact) mass is 446 g/mol. The Morgan fingerprint density at radius 2 is 1.94 bits per heavy atom. The molecule has 4 N–H and O–H groups in total. The number of anilines is 1. The van der Waals surface area contributed by atoms with E-state index in [0.717, 1.165) is 12.1 Å². The SMILES string of the molecule is CNC(=O)c1nc[nH]c1C(=O)N[C@H]1CC[C@H](C(=O)Nc2c(Cl)cc(F)cc2C#N)CC1. The van der Waals surface area contributed by atoms with E-state index >= 15 is 0 Å². The smallest absolute Gasteiger partial charge is 0.272 e. The van der Waals surface area contributed by atoms with Gasteiger partial charge < -0.3 is 20.9 Å². The standard InChI is InChI=1S/C20H20ClFN6O3/c1-24-19(30)16-17(26-9-25-16)20(31)27-13-4-2-10(3-5-13)18(29)28-15-11(8-23)6-12(22)7-14(15)21/h6-7,9-10,13H,2-5H2,1H3,(H,24,30)(H,25,26)(H,27,31)(H,28,29)/t10-,13-. The van der Waals surface area contributed by atoms with Crippen LogP contribution in [0.5, 0.6) is 0 Å². The summed E-state index contributed by atoms with van der Waals surface area (Å²) in [6.07, 6.45) is 3.38. The topological polar surface area (TPSA) is 140 Å². The van der Waals surface area contributed by atoms with E-state index in [1.807, 2.05) is 6.07 Å². The average Bonchev–Trinajstić information content (AvgIpc) is 3.25. The Balaban J connectivity index is 1.57. The molecule has 3 rings (SSSR count). The van der Waals surface area contributed by atoms with Crippen molar-refractivity contribution in [3.05, 3.63) is 46.3 Å². The molecular weight excluding hydrogens is 427 g/mol. The number of carbonyl (C=O) groups excluding carboxylic acids is 3. The zero-order valence-corrected chi connectivity index (χ0v) is 17.3. The molecule has 2 aromatic rings. The number of imidazole rings is 1. The number of hydrogen-bond donors (Lipinski definition) is 4. The van der Waals surface area contributed by atoms with Gasteiger partial charge in [-0.3, -0.25) is 14.4 Å². The zero-order chi connectivity index (χ0) is 22.5. The molecule has 0 saturated heterocycles. The van der Waals surface area contributed by atoms with Gasteiger partial charge >= 0.3 is 0 Å². The molecule has 0 atom stereocenters. The lowest BCUT2D eigenvalue weighted by Gasteiger charge is -2.28. The summed E-state index contributed by atoms with van der Waals surface area (Å²) in [6.45, 7) is 0. The number of carbonyl (C=O) groups is 3. The van der Waals surface area contributed by atoms with Crippen LogP contribution >= 0.6 is 11.6 Å². The van der Waals surface area contributed by atoms with E-state index in [4.69, 9.17) is 16.9 Å². The van der Waals surface area contributed by atoms with Crippen LogP contribution in [0.3, 0.4) is 0 Å². The molecular formula is C20H20ClFN6O3. The third kappa shape index (κ3) is 5.00. The molecule has 0 spiro atoms. The number of aromatic nitrogens is 2. The lowest BCUT2D eigenvalue weighted by Crippen LogP contribution is -2.40. The highest BCUT2D eigenvalue weighted by Gasteiger charge is 2.29. The van der Waals surface area contributed by atoms with E-state index in [2.05, 4.69) is 25.9 Å². The Kier molecular flexibility index (Phi) is 6.87. The number of nitriles is 1. The fourth-order valence-electron chi connectivity index (χ4n) is 3.53. The molecule has 9 nitrogen and oxygen atoms in total. The predicted octanol–water partition coefficient (Wildman–Crippen LogP) is 2.36. The molecule has 0 radical (unpaired) electrons. The minimum Gasteiger partial charge on any atom is -0.354 e. The van der Waals surface area contributed by atoms with Gasteiger partial charge in [-0.25, -0.2) is 9.37 Å². The van der Waals surface area contributed by atoms with Crippen LogP contribution in [-0.4, -0.2) is 40.8 Å². The van der Waals surface area contributed by atoms with Gasteiger partial charge in [0.1, 0.15) is 17.6 Å². The molecule has 1 saturated carbocycles. The summed E-state index contributed by atoms with van der Waals surface area (Å²) in [5.74, 6) is -2.23. The van der Waals surface area contributed by atoms with Gasteiger partial charge in [-0.1, -0.05) is 11.6 Å². The Labute approximate surface area is 182 Å². The van der Waals surface area contributed by atoms with Crippen LogP contribution in [0.15, 0.2) is 18.5 Å². The maximum Gasteiger partial charge on any atom is 0.272 e. The molecule has 11 heteroatoms. The first-order valence-corrected chi connectivity index (χ1v) is 9.98. The minimum absolute atomic E-state index is 0.0116. The van der Waals surface area contributed by atoms with Crippen molar-refractivity contribution >= 4 is 35.0 Å². The number of aromatic amines is 1. The van der Waals surface area contributed by atoms with Gasteiger partial charge in [-0.05, 0) is 37.8 Å². The van der Waals surface area contributed by atoms with Crippen molar-refractivity contribution in [2.75, 3.05) is 12.4 Å². The van der Waals surface area contributed by atoms with Crippen molar-refractivity contribution < 1.29 is 18.8 Å². The highest BCUT2D eigenvalue weighted by molar-refractivity contribution is 6.34. The highest BCUT2D eigenvalue weighted by atomic mass is 35.5. The van der Waals surface area contributed by atoms with Crippen LogP contribution in [-0.2, 0) is 4.79 Å². The number of H-pyrrole nitrogens is 1. The first-order valence-electron chi connectivity index (χ1n) is 9.60. The second-order valence-corrected chi connectivity index (χ2v) is 7.55. The van der Waals surface area contributed by atoms with Crippen molar-refractivity contribution in [2.45, 2.75) is 31.7 Å². The van der Waals surface area contributed by atoms with Gasteiger partial charge in [0.15, 0.2) is 5.69 Å². The molecule has 1 fully saturated rings. The van der Waals surface area contributed by atoms with E-state index in [0.29, 0.717) is 25.7 Å². The normalized spacial score (nSPS) is 18.0. The fraction of sp³-hybridized carbons (Fsp3) is 0.350. The summed E-state index contributed by atoms with van der Waals surface area (Å²) >= 11 is 5.98. The molecule has 0 bridgehead atoms. The van der Waals surface area contributed by atoms with Crippen molar-refractivity contribution in [3.63, 3.8) is 0 Å². The Hall–Kier alpha value is -3.45. The van der Waals surface area contributed by atoms with Crippen LogP contribution < -0.4 is 16.0 Å². The summed E-state index contributed by atoms with van der Waals surface area (Å²) in [5.41, 5.74) is 0.129. The van der Waals surface area contributed by atoms with Crippen molar-refractivity contribution in [2.24, 2.45) is 5.92 Å². The number of rotatable bonds is 5. The average molecular weight is 447 g/mol. The van der Waals surface area contributed by atoms with E-state index in [1.165, 1.54) is 13.4 Å². The molecule has 162 valence electrons. The van der Waals surface area contributed by atoms with Crippen molar-refractivity contribution in [1.29, 1.82) is 5.26 Å². The summed E-state index contributed by atoms with van der Waals surface area (Å²) in [6, 6.07) is 3.70. The molecule has 1 heterocycles. The van der Waals surface area contributed by atoms with Gasteiger partial charge in [0.25, 0.3) is 11.8 Å². The summed E-state index contributed by atoms with van der Waals surface area (Å²) in [7, 11) is 1.45. The maximum atomic E-state index is 13.4. The van der Waals surface area contributed by atoms with Crippen molar-refractivity contribution in [3.8, 4) is 6.07 Å². The summed E-state index contributed by atoms with van der Waals surface area (Å²) in [5, 5.41) is 17.0. The Bertz CT molecular complexity index is 1060. The first kappa shape index (κ1) is 22.2. The van der Waals surface area contributed by atoms with E-state index < -0.39 is 17.6 Å². The van der Waals surface area contributed by atoms with Gasteiger partial charge in [-0.2, -0.15) is 5.26 Å². The predicted molar refractivity (Wildman–Crippen MR) is 110 cm³/mol. The summed E-state index contributed by atoms with van der Waals surface area (Å²) in [4.78, 5) is 43.4. The molecule has 1 aliphatic carbocycles. The lowest BCUT2D eigenvalue weighted by atomic mass is 9.85. The first-order chi connectivity index (χ1) is 14.8. The van der Waals surface area contributed by atoms with Crippen LogP contribution in [0, 0.1) is 23.1 Å². The van der Waals surface area contributed by atoms with Gasteiger partial charge in [0.2, 0.25) is 5.91 Å². The highest BCUT2D eigenvalue weighted by Crippen LogP contribution is 2.30. The van der Waals surface area contributed by atoms with Gasteiger partial charge in [0.05, 0.1) is 22.6 Å². The van der Waals surface area contributed by atoms with E-state index in [-0.39, 0.29) is 45.5 Å². The van der Waals surface area contributed by atoms with E-state index in [9.17, 15) is 18.8 Å². The van der Waals surface area contributed by atoms with Crippen molar-refractivity contribution in [1.82, 2.24) is 20.6 Å². The summed E-state index contributed by atoms with van der Waals surface area (Å²) < 4.78 is 13.4. The minimum atomic E-state index is -0.660. The Morgan fingerprint density at radius 1 is 1.23 bits per heavy atom. The molecule has 1 aromatic heterocycles. The number of nitrogens with one attached hydrogen (secondary N) is 4. The number of nitrogens with zero attached hydrogens (tertiary/aromatic N) is 2. The van der Waals surface area contributed by atoms with Crippen LogP contribution in [0.25, 0.3) is 0 Å². The second kappa shape index (κ2) is 9.57. The molecule has 1 aromatic carbocycles. The van der Waals surface area contributed by atoms with Gasteiger partial charge in [-0.15, -0.1) is 0 Å². The quantitative estimate of drug-likeness (QED) is 0.558. The number of hydrogen-bond acceptors (Lipinski definition) is 5. The number of benzene rings is 1. The zero-order valence-electron chi connectivity index (χ0n) is 16.6. The lowest BCUT2D eigenvalue weighted by molar-refractivity contribution is -0.120. The third-order valence-corrected chi connectivity index (χ3v) is 5.46. The maximum absolute atomic E-state index is 13.4. The van der Waals surface area contributed by atoms with Gasteiger partial charge in [0, 0.05) is 19.0 Å². The van der Waals surface area contributed by atoms with Crippen LogP contribution in [0.2, 0.25) is 5.02 Å². The Morgan fingerprint density at radius 3 is 2.58 bits per heavy atom. The number of halogens is 2. The molecule has 0 aliphatic heterocycles. The largest absolute Gasteiger partial charge is 0.354 e. The second-order valence-electron chi connectivity index (χ2n) is 7.14. The molecule has 1 aliphatic rings. The molecule has 0 unspecified atom stereocenters. The molecule has 31 heavy (non-hydrogen) atoms. The fourth-order valence-corrected chi connectivity index (χ4v) is 3.78. The van der Waals surface area contributed by atoms with Crippen LogP contribution in [0.4, 0.5) is 10.1 Å². The third-order valence-electron chi connectivity index (χ3n) is 5.17. The number of amides is 3. The molecule has 3 amide bonds. The van der Waals surface area contributed by atoms with E-state index in [1.54, 1.807) is 0 Å². The van der Waals surface area contributed by atoms with Crippen LogP contribution in [0.1, 0.15) is 52.2 Å².